The molecule has 1 unspecified atom stereocenters. The second-order valence-corrected chi connectivity index (χ2v) is 31.2. The molecule has 1 saturated heterocycles. The number of Topliss-reactive ketones (excluding diaryl/α,β-unsaturated/α-hetero) is 1. The lowest BCUT2D eigenvalue weighted by molar-refractivity contribution is -0.154. The first-order valence-corrected chi connectivity index (χ1v) is 40.1. The number of fused-ring (bicyclic) bond motifs is 2. The van der Waals surface area contributed by atoms with E-state index >= 15 is 0 Å². The van der Waals surface area contributed by atoms with Gasteiger partial charge in [-0.25, -0.2) is 9.97 Å². The molecule has 4 N–H and O–H groups in total. The number of H-pyrrole nitrogens is 1. The number of aromatic amines is 1. The number of aromatic nitrogens is 4. The number of likely N-dealkylation sites (tertiary alicyclic amines) is 1. The second kappa shape index (κ2) is 55.7. The minimum Gasteiger partial charge on any atom is -0.465 e. The van der Waals surface area contributed by atoms with Crippen molar-refractivity contribution in [2.75, 3.05) is 32.8 Å². The number of ether oxygens (including phenoxy) is 1. The third kappa shape index (κ3) is 34.9. The Balaban J connectivity index is 0.000000393. The number of nitrogens with zero attached hydrogens (tertiary/aromatic N) is 6. The van der Waals surface area contributed by atoms with Gasteiger partial charge in [0.2, 0.25) is 0 Å². The molecular weight excluding hydrogens is 1510 g/mol. The third-order valence-electron chi connectivity index (χ3n) is 21.0. The number of halogens is 3. The number of rotatable bonds is 29. The summed E-state index contributed by atoms with van der Waals surface area (Å²) in [5, 5.41) is 7.59. The number of carbonyl (C=O) groups is 2. The number of carbonyl (C=O) groups excluding carboxylic acids is 2. The van der Waals surface area contributed by atoms with Gasteiger partial charge in [0.15, 0.2) is 0 Å². The lowest BCUT2D eigenvalue weighted by Crippen LogP contribution is -2.83. The van der Waals surface area contributed by atoms with E-state index in [1.54, 1.807) is 6.92 Å². The topological polar surface area (TPSA) is 184 Å². The van der Waals surface area contributed by atoms with Crippen molar-refractivity contribution >= 4 is 360 Å². The van der Waals surface area contributed by atoms with Gasteiger partial charge < -0.3 is 15.5 Å². The van der Waals surface area contributed by atoms with E-state index in [1.165, 1.54) is 30.7 Å². The van der Waals surface area contributed by atoms with Crippen molar-refractivity contribution in [1.29, 1.82) is 5.41 Å². The Morgan fingerprint density at radius 3 is 1.18 bits per heavy atom. The molecule has 0 saturated carbocycles. The monoisotopic (exact) mass is 1590 g/mol. The number of nitrogens with one attached hydrogen (secondary N) is 2. The van der Waals surface area contributed by atoms with Crippen LogP contribution in [0.3, 0.4) is 0 Å². The molecule has 121 heavy (non-hydrogen) atoms. The highest BCUT2D eigenvalue weighted by Crippen LogP contribution is 2.30. The van der Waals surface area contributed by atoms with Gasteiger partial charge in [-0.15, -0.1) is 12.4 Å². The van der Waals surface area contributed by atoms with Gasteiger partial charge in [-0.05, 0) is 79.8 Å². The van der Waals surface area contributed by atoms with Crippen LogP contribution in [0.2, 0.25) is 10.0 Å². The summed E-state index contributed by atoms with van der Waals surface area (Å²) >= 11 is 12.3. The summed E-state index contributed by atoms with van der Waals surface area (Å²) in [7, 11) is 134. The Labute approximate surface area is 777 Å². The van der Waals surface area contributed by atoms with Gasteiger partial charge in [-0.3, -0.25) is 43.9 Å². The van der Waals surface area contributed by atoms with Crippen LogP contribution in [0.15, 0.2) is 149 Å². The Hall–Kier alpha value is -3.99. The van der Waals surface area contributed by atoms with Gasteiger partial charge in [-0.2, -0.15) is 0 Å². The smallest absolute Gasteiger partial charge is 0.317 e. The molecule has 541 valence electrons. The molecule has 2 aromatic heterocycles. The quantitative estimate of drug-likeness (QED) is 0.0134. The number of amidine groups is 1. The molecule has 10 rings (SSSR count). The number of benzene rings is 5. The van der Waals surface area contributed by atoms with E-state index < -0.39 is 127 Å². The zero-order chi connectivity index (χ0) is 88.8. The fourth-order valence-corrected chi connectivity index (χ4v) is 15.8. The maximum Gasteiger partial charge on any atom is 0.317 e. The molecule has 5 heterocycles. The molecule has 14 nitrogen and oxygen atoms in total. The predicted octanol–water partition coefficient (Wildman–Crippen LogP) is -6.04. The van der Waals surface area contributed by atoms with E-state index in [0.29, 0.717) is 60.9 Å². The Kier molecular flexibility index (Phi) is 51.2. The van der Waals surface area contributed by atoms with Gasteiger partial charge in [0.05, 0.1) is 41.0 Å². The second-order valence-electron chi connectivity index (χ2n) is 30.3. The number of ketones is 1. The zero-order valence-electron chi connectivity index (χ0n) is 68.9. The largest absolute Gasteiger partial charge is 0.465 e. The molecule has 3 aliphatic rings. The van der Waals surface area contributed by atoms with Gasteiger partial charge in [0.25, 0.3) is 11.1 Å². The Morgan fingerprint density at radius 1 is 0.512 bits per heavy atom. The van der Waals surface area contributed by atoms with Crippen LogP contribution in [0.5, 0.6) is 0 Å². The molecule has 1 atom stereocenters. The first-order chi connectivity index (χ1) is 56.1. The average Bonchev–Trinajstić information content (AvgIpc) is 0.755. The van der Waals surface area contributed by atoms with Crippen molar-refractivity contribution in [1.82, 2.24) is 34.2 Å². The van der Waals surface area contributed by atoms with Crippen LogP contribution in [0, 0.1) is 25.2 Å². The van der Waals surface area contributed by atoms with Crippen LogP contribution in [0.4, 0.5) is 0 Å². The molecule has 0 aliphatic carbocycles. The summed E-state index contributed by atoms with van der Waals surface area (Å²) in [4.78, 5) is 68.4. The predicted molar refractivity (Wildman–Crippen MR) is 562 cm³/mol. The van der Waals surface area contributed by atoms with Crippen molar-refractivity contribution in [3.05, 3.63) is 232 Å². The van der Waals surface area contributed by atoms with Crippen molar-refractivity contribution in [3.8, 4) is 0 Å². The van der Waals surface area contributed by atoms with Crippen molar-refractivity contribution in [2.24, 2.45) is 11.7 Å². The lowest BCUT2D eigenvalue weighted by atomic mass is 8.36. The number of hydrogen-bond donors (Lipinski definition) is 3. The SMILES string of the molecule is C.CC(=N)N.CCOC(=O)C1CN(Cc2ccccc2)CCC1=O.Cc1nc2c(c(=O)[nH]1)CN(Cc1ccccc1)CC2.Cc1nc2c(c(=O)n1C(c1ccc(Cl)cc1)c1ccc(Cl)cc1)CN(Cc1ccccc1)CC2.Cl.[B]B([B])B(B([B])[B])B(B(B([B])[B])B([B])[B])B(B([B])[B])B([B])[B].[B][B]B(B([B])[B])B(B(B([B])[B])B([B])[B])B(B([B])[B])B([B])[B]. The highest BCUT2D eigenvalue weighted by Gasteiger charge is 2.48. The normalized spacial score (nSPS) is 12.9. The molecule has 0 bridgehead atoms. The molecule has 3 aliphatic heterocycles. The summed E-state index contributed by atoms with van der Waals surface area (Å²) in [6.07, 6.45) is -13.1. The Morgan fingerprint density at radius 2 is 0.843 bits per heavy atom. The van der Waals surface area contributed by atoms with Gasteiger partial charge in [0, 0.05) is 395 Å². The van der Waals surface area contributed by atoms with Crippen molar-refractivity contribution in [3.63, 3.8) is 0 Å². The van der Waals surface area contributed by atoms with Crippen LogP contribution >= 0.6 is 35.6 Å². The van der Waals surface area contributed by atoms with Crippen LogP contribution in [0.25, 0.3) is 0 Å². The van der Waals surface area contributed by atoms with Crippen molar-refractivity contribution in [2.45, 2.75) is 93.1 Å². The van der Waals surface area contributed by atoms with E-state index in [-0.39, 0.29) is 54.6 Å². The van der Waals surface area contributed by atoms with Crippen LogP contribution in [-0.4, -0.2) is 391 Å². The maximum absolute atomic E-state index is 14.0. The first-order valence-electron chi connectivity index (χ1n) is 39.3. The van der Waals surface area contributed by atoms with E-state index in [4.69, 9.17) is 222 Å². The van der Waals surface area contributed by atoms with Gasteiger partial charge in [-0.1, -0.05) is 146 Å². The molecule has 0 spiro atoms. The minimum absolute atomic E-state index is 0. The lowest BCUT2D eigenvalue weighted by Gasteiger charge is -2.45. The van der Waals surface area contributed by atoms with Gasteiger partial charge >= 0.3 is 5.97 Å². The highest BCUT2D eigenvalue weighted by molar-refractivity contribution is 8.23. The summed E-state index contributed by atoms with van der Waals surface area (Å²) in [6.45, 7) is 14.1. The van der Waals surface area contributed by atoms with E-state index in [0.717, 1.165) is 79.2 Å². The van der Waals surface area contributed by atoms with E-state index in [9.17, 15) is 19.2 Å². The number of piperidine rings is 1. The maximum atomic E-state index is 14.0. The number of esters is 1. The average molecular weight is 1580 g/mol. The summed E-state index contributed by atoms with van der Waals surface area (Å²) in [5.74, 6) is 0.584. The fourth-order valence-electron chi connectivity index (χ4n) is 15.5. The summed E-state index contributed by atoms with van der Waals surface area (Å²) in [6, 6.07) is 45.7. The van der Waals surface area contributed by atoms with E-state index in [1.807, 2.05) is 122 Å². The summed E-state index contributed by atoms with van der Waals surface area (Å²) in [5.41, 5.74) is 13.9. The number of hydrogen-bond acceptors (Lipinski definition) is 11. The molecule has 47 radical (unpaired) electrons. The molecule has 7 aromatic rings. The van der Waals surface area contributed by atoms with Crippen molar-refractivity contribution < 1.29 is 14.3 Å². The minimum atomic E-state index is -0.926. The summed E-state index contributed by atoms with van der Waals surface area (Å²) < 4.78 is 6.78. The van der Waals surface area contributed by atoms with E-state index in [2.05, 4.69) is 61.1 Å². The number of nitrogens with two attached hydrogens (primary N) is 1. The standard InChI is InChI=1S/C28H25Cl2N3O.C15H17N3O.C15H19NO3.C2H6N2.CH4.B22.B21.ClH/c1-19-31-26-15-16-32(17-20-5-3-2-4-6-20)18-25(26)28(34)33(19)27(21-7-11-23(29)12-8-21)22-9-13-24(30)14-10-22;1-11-16-14-7-8-18(10-13(14)15(19)17-11)9-12-5-3-2-4-6-12;1-2-19-15(18)13-11-16(9-8-14(13)17)10-12-6-4-3-5-7-12;1-2(3)4;;1-13(2)19(14(3)4)22(20(15(5)6)16(7)8)21(17(9)10)18(11)12;1-12-18(13(2)3)21(19(14(4)5)15(6)7)20(16(8)9)17(10)11;/h2-14,27H,15-18H2,1H3;2-6H,7-10H2,1H3,(H,16,17,19);3-7,13H,2,8-11H2,1H3;1H3,(H3,3,4);1H4;;;1H. The molecule has 5 aromatic carbocycles. The fraction of sp³-hybridized carbons (Fsp3) is 0.328. The molecule has 0 amide bonds. The van der Waals surface area contributed by atoms with Crippen LogP contribution in [-0.2, 0) is 59.9 Å². The molecule has 1 fully saturated rings. The highest BCUT2D eigenvalue weighted by atomic mass is 35.5. The van der Waals surface area contributed by atoms with Crippen LogP contribution < -0.4 is 16.9 Å². The molecular formula is C61H72B43Cl3N9O5. The van der Waals surface area contributed by atoms with Crippen LogP contribution in [0.1, 0.15) is 95.7 Å². The molecule has 60 heteroatoms. The van der Waals surface area contributed by atoms with Gasteiger partial charge in [0.1, 0.15) is 23.3 Å². The number of aryl methyl sites for hydroxylation is 2. The Bertz CT molecular complexity index is 4180. The zero-order valence-corrected chi connectivity index (χ0v) is 71.2. The third-order valence-corrected chi connectivity index (χ3v) is 21.5. The first kappa shape index (κ1) is 111.